The summed E-state index contributed by atoms with van der Waals surface area (Å²) in [5.41, 5.74) is 4.26. The molecule has 2 aromatic rings. The number of nitrogens with zero attached hydrogens (tertiary/aromatic N) is 2. The number of hydrogen-bond acceptors (Lipinski definition) is 2. The molecule has 0 spiro atoms. The molecule has 3 unspecified atom stereocenters. The summed E-state index contributed by atoms with van der Waals surface area (Å²) >= 11 is 12.6. The van der Waals surface area contributed by atoms with Crippen LogP contribution in [-0.2, 0) is 12.8 Å². The molecule has 1 saturated carbocycles. The van der Waals surface area contributed by atoms with E-state index in [1.165, 1.54) is 36.5 Å². The van der Waals surface area contributed by atoms with E-state index < -0.39 is 0 Å². The van der Waals surface area contributed by atoms with E-state index >= 15 is 0 Å². The van der Waals surface area contributed by atoms with Crippen molar-refractivity contribution in [2.24, 2.45) is 0 Å². The maximum atomic E-state index is 7.32. The zero-order valence-corrected chi connectivity index (χ0v) is 22.2. The van der Waals surface area contributed by atoms with Crippen LogP contribution in [0.1, 0.15) is 76.0 Å². The normalized spacial score (nSPS) is 20.9. The molecule has 0 radical (unpaired) electrons. The molecular weight excluding hydrogens is 447 g/mol. The van der Waals surface area contributed by atoms with Crippen LogP contribution < -0.4 is 0 Å². The van der Waals surface area contributed by atoms with Crippen LogP contribution in [0.4, 0.5) is 0 Å². The molecule has 0 amide bonds. The monoisotopic (exact) mass is 486 g/mol. The van der Waals surface area contributed by atoms with E-state index in [0.29, 0.717) is 18.0 Å². The van der Waals surface area contributed by atoms with Crippen molar-refractivity contribution in [1.82, 2.24) is 4.90 Å². The Morgan fingerprint density at radius 1 is 0.939 bits per heavy atom. The van der Waals surface area contributed by atoms with Gasteiger partial charge in [-0.3, -0.25) is 4.90 Å². The molecule has 1 fully saturated rings. The number of halogens is 2. The summed E-state index contributed by atoms with van der Waals surface area (Å²) in [4.78, 5) is 2.70. The maximum Gasteiger partial charge on any atom is 0.0587 e. The summed E-state index contributed by atoms with van der Waals surface area (Å²) in [5, 5.41) is 7.54. The zero-order valence-electron chi connectivity index (χ0n) is 20.7. The van der Waals surface area contributed by atoms with Crippen molar-refractivity contribution in [3.8, 4) is 6.07 Å². The third kappa shape index (κ3) is 8.97. The molecule has 0 heterocycles. The fourth-order valence-electron chi connectivity index (χ4n) is 4.87. The molecule has 1 aliphatic rings. The van der Waals surface area contributed by atoms with Crippen molar-refractivity contribution in [2.45, 2.75) is 95.0 Å². The lowest BCUT2D eigenvalue weighted by atomic mass is 9.94. The number of nitriles is 1. The van der Waals surface area contributed by atoms with Gasteiger partial charge in [-0.05, 0) is 75.0 Å². The summed E-state index contributed by atoms with van der Waals surface area (Å²) in [6.45, 7) is 9.55. The van der Waals surface area contributed by atoms with Crippen molar-refractivity contribution in [2.75, 3.05) is 6.54 Å². The molecule has 2 aromatic carbocycles. The second-order valence-electron chi connectivity index (χ2n) is 9.33. The largest absolute Gasteiger partial charge is 0.298 e. The molecule has 0 bridgehead atoms. The number of rotatable bonds is 10. The van der Waals surface area contributed by atoms with Crippen molar-refractivity contribution in [1.29, 1.82) is 5.26 Å². The topological polar surface area (TPSA) is 27.0 Å². The van der Waals surface area contributed by atoms with Gasteiger partial charge in [0, 0.05) is 25.6 Å². The smallest absolute Gasteiger partial charge is 0.0587 e. The average molecular weight is 488 g/mol. The Labute approximate surface area is 211 Å². The Morgan fingerprint density at radius 2 is 1.48 bits per heavy atom. The van der Waals surface area contributed by atoms with Crippen LogP contribution in [-0.4, -0.2) is 34.3 Å². The highest BCUT2D eigenvalue weighted by atomic mass is 35.5. The number of aryl methyl sites for hydroxylation is 1. The van der Waals surface area contributed by atoms with E-state index in [1.54, 1.807) is 6.07 Å². The van der Waals surface area contributed by atoms with Crippen molar-refractivity contribution < 1.29 is 0 Å². The summed E-state index contributed by atoms with van der Waals surface area (Å²) < 4.78 is 0. The highest BCUT2D eigenvalue weighted by Crippen LogP contribution is 2.40. The first-order valence-electron chi connectivity index (χ1n) is 12.4. The lowest BCUT2D eigenvalue weighted by Crippen LogP contribution is -2.41. The minimum atomic E-state index is 0.111. The minimum Gasteiger partial charge on any atom is -0.298 e. The van der Waals surface area contributed by atoms with E-state index in [0.717, 1.165) is 32.2 Å². The van der Waals surface area contributed by atoms with E-state index in [9.17, 15) is 0 Å². The van der Waals surface area contributed by atoms with Gasteiger partial charge in [-0.1, -0.05) is 61.5 Å². The van der Waals surface area contributed by atoms with Gasteiger partial charge in [0.2, 0.25) is 0 Å². The van der Waals surface area contributed by atoms with E-state index in [1.807, 2.05) is 0 Å². The van der Waals surface area contributed by atoms with E-state index in [-0.39, 0.29) is 10.8 Å². The summed E-state index contributed by atoms with van der Waals surface area (Å²) in [7, 11) is 0. The van der Waals surface area contributed by atoms with Crippen LogP contribution in [0.3, 0.4) is 0 Å². The van der Waals surface area contributed by atoms with Gasteiger partial charge in [0.1, 0.15) is 0 Å². The van der Waals surface area contributed by atoms with Crippen molar-refractivity contribution in [3.05, 3.63) is 71.3 Å². The standard InChI is InChI=1S/C27H37Cl2N.C2H3N/c1-4-25(30(20(2)3)17-16-21-8-6-5-7-9-21)15-12-22-10-13-23(14-11-22)24-18-26(28)27(29)19-24;1-2-3/h5-11,13-14,20,24-27H,4,12,15-19H2,1-3H3;1H3. The van der Waals surface area contributed by atoms with Gasteiger partial charge >= 0.3 is 0 Å². The first kappa shape index (κ1) is 27.7. The lowest BCUT2D eigenvalue weighted by molar-refractivity contribution is 0.143. The Hall–Kier alpha value is -1.53. The molecule has 2 nitrogen and oxygen atoms in total. The van der Waals surface area contributed by atoms with Gasteiger partial charge in [-0.25, -0.2) is 0 Å². The van der Waals surface area contributed by atoms with Crippen LogP contribution in [0.5, 0.6) is 0 Å². The molecular formula is C29H40Cl2N2. The molecule has 180 valence electrons. The number of alkyl halides is 2. The Morgan fingerprint density at radius 3 is 2.00 bits per heavy atom. The Bertz CT molecular complexity index is 819. The molecule has 33 heavy (non-hydrogen) atoms. The first-order valence-corrected chi connectivity index (χ1v) is 13.2. The third-order valence-corrected chi connectivity index (χ3v) is 7.83. The molecule has 0 saturated heterocycles. The van der Waals surface area contributed by atoms with Gasteiger partial charge in [-0.15, -0.1) is 23.2 Å². The van der Waals surface area contributed by atoms with Crippen LogP contribution in [0.15, 0.2) is 54.6 Å². The molecule has 3 atom stereocenters. The molecule has 1 aliphatic carbocycles. The first-order chi connectivity index (χ1) is 15.9. The van der Waals surface area contributed by atoms with Crippen LogP contribution in [0.2, 0.25) is 0 Å². The molecule has 4 heteroatoms. The summed E-state index contributed by atoms with van der Waals surface area (Å²) in [6, 6.07) is 23.0. The number of hydrogen-bond donors (Lipinski definition) is 0. The fraction of sp³-hybridized carbons (Fsp3) is 0.552. The predicted octanol–water partition coefficient (Wildman–Crippen LogP) is 7.97. The van der Waals surface area contributed by atoms with Crippen molar-refractivity contribution >= 4 is 23.2 Å². The third-order valence-electron chi connectivity index (χ3n) is 6.73. The van der Waals surface area contributed by atoms with Crippen molar-refractivity contribution in [3.63, 3.8) is 0 Å². The van der Waals surface area contributed by atoms with Gasteiger partial charge in [-0.2, -0.15) is 5.26 Å². The fourth-order valence-corrected chi connectivity index (χ4v) is 5.50. The Kier molecular flexibility index (Phi) is 12.3. The lowest BCUT2D eigenvalue weighted by Gasteiger charge is -2.35. The van der Waals surface area contributed by atoms with Gasteiger partial charge < -0.3 is 0 Å². The molecule has 0 N–H and O–H groups in total. The quantitative estimate of drug-likeness (QED) is 0.318. The number of benzene rings is 2. The second kappa shape index (κ2) is 14.7. The summed E-state index contributed by atoms with van der Waals surface area (Å²) in [6.07, 6.45) is 6.65. The average Bonchev–Trinajstić information content (AvgIpc) is 3.15. The van der Waals surface area contributed by atoms with Gasteiger partial charge in [0.15, 0.2) is 0 Å². The minimum absolute atomic E-state index is 0.111. The van der Waals surface area contributed by atoms with Crippen LogP contribution >= 0.6 is 23.2 Å². The predicted molar refractivity (Wildman–Crippen MR) is 143 cm³/mol. The van der Waals surface area contributed by atoms with Gasteiger partial charge in [0.05, 0.1) is 16.8 Å². The van der Waals surface area contributed by atoms with E-state index in [4.69, 9.17) is 28.5 Å². The highest BCUT2D eigenvalue weighted by Gasteiger charge is 2.32. The maximum absolute atomic E-state index is 7.32. The SMILES string of the molecule is CC#N.CCC(CCc1ccc(C2CC(Cl)C(Cl)C2)cc1)N(CCc1ccccc1)C(C)C. The van der Waals surface area contributed by atoms with E-state index in [2.05, 4.69) is 80.3 Å². The van der Waals surface area contributed by atoms with Gasteiger partial charge in [0.25, 0.3) is 0 Å². The second-order valence-corrected chi connectivity index (χ2v) is 10.5. The van der Waals surface area contributed by atoms with Crippen LogP contribution in [0.25, 0.3) is 0 Å². The molecule has 0 aromatic heterocycles. The highest BCUT2D eigenvalue weighted by molar-refractivity contribution is 6.30. The molecule has 0 aliphatic heterocycles. The molecule has 3 rings (SSSR count). The Balaban J connectivity index is 0.00000122. The van der Waals surface area contributed by atoms with Crippen LogP contribution in [0, 0.1) is 11.3 Å². The zero-order chi connectivity index (χ0) is 24.2. The summed E-state index contributed by atoms with van der Waals surface area (Å²) in [5.74, 6) is 0.516.